The van der Waals surface area contributed by atoms with Gasteiger partial charge in [-0.15, -0.1) is 0 Å². The van der Waals surface area contributed by atoms with Crippen LogP contribution in [-0.2, 0) is 7.05 Å². The lowest BCUT2D eigenvalue weighted by Crippen LogP contribution is -2.33. The Kier molecular flexibility index (Phi) is 3.61. The Bertz CT molecular complexity index is 754. The number of nitrogens with zero attached hydrogens (tertiary/aromatic N) is 2. The zero-order valence-electron chi connectivity index (χ0n) is 9.71. The van der Waals surface area contributed by atoms with Crippen molar-refractivity contribution in [1.29, 1.82) is 0 Å². The lowest BCUT2D eigenvalue weighted by molar-refractivity contribution is 0.112. The fourth-order valence-corrected chi connectivity index (χ4v) is 2.12. The van der Waals surface area contributed by atoms with Crippen molar-refractivity contribution in [3.05, 3.63) is 50.3 Å². The number of hydrogen-bond acceptors (Lipinski definition) is 5. The summed E-state index contributed by atoms with van der Waals surface area (Å²) in [6.45, 7) is 0. The molecule has 0 spiro atoms. The number of halogens is 1. The zero-order valence-corrected chi connectivity index (χ0v) is 10.5. The van der Waals surface area contributed by atoms with Crippen LogP contribution in [0.3, 0.4) is 0 Å². The van der Waals surface area contributed by atoms with Crippen molar-refractivity contribution in [2.45, 2.75) is 10.1 Å². The summed E-state index contributed by atoms with van der Waals surface area (Å²) in [7, 11) is 1.48. The van der Waals surface area contributed by atoms with Gasteiger partial charge in [0.25, 0.3) is 0 Å². The standard InChI is InChI=1S/C11H8FN3O3S/c1-15-11(13-9(17)10(18)14-15)19-8-3-2-6(5-16)4-7(8)12/h2-5H,1H3,(H,14,18). The van der Waals surface area contributed by atoms with Crippen molar-refractivity contribution < 1.29 is 9.18 Å². The first kappa shape index (κ1) is 13.2. The summed E-state index contributed by atoms with van der Waals surface area (Å²) in [5, 5.41) is 2.40. The number of H-pyrrole nitrogens is 1. The molecule has 1 heterocycles. The average molecular weight is 281 g/mol. The van der Waals surface area contributed by atoms with Crippen LogP contribution in [0.2, 0.25) is 0 Å². The van der Waals surface area contributed by atoms with E-state index in [-0.39, 0.29) is 15.6 Å². The van der Waals surface area contributed by atoms with Crippen LogP contribution in [0.4, 0.5) is 4.39 Å². The van der Waals surface area contributed by atoms with E-state index in [1.807, 2.05) is 0 Å². The first-order chi connectivity index (χ1) is 9.01. The third-order valence-corrected chi connectivity index (χ3v) is 3.34. The van der Waals surface area contributed by atoms with E-state index < -0.39 is 16.9 Å². The van der Waals surface area contributed by atoms with Gasteiger partial charge in [-0.2, -0.15) is 4.98 Å². The molecule has 1 aromatic heterocycles. The van der Waals surface area contributed by atoms with Gasteiger partial charge in [0.2, 0.25) is 0 Å². The maximum atomic E-state index is 13.7. The SMILES string of the molecule is Cn1[nH]c(=O)c(=O)nc1Sc1ccc(C=O)cc1F. The van der Waals surface area contributed by atoms with Crippen LogP contribution >= 0.6 is 11.8 Å². The minimum atomic E-state index is -0.939. The number of carbonyl (C=O) groups is 1. The number of carbonyl (C=O) groups excluding carboxylic acids is 1. The van der Waals surface area contributed by atoms with Crippen LogP contribution in [0.1, 0.15) is 10.4 Å². The van der Waals surface area contributed by atoms with E-state index in [1.165, 1.54) is 23.9 Å². The van der Waals surface area contributed by atoms with Crippen molar-refractivity contribution in [2.24, 2.45) is 7.05 Å². The van der Waals surface area contributed by atoms with Gasteiger partial charge in [-0.3, -0.25) is 24.2 Å². The van der Waals surface area contributed by atoms with Crippen LogP contribution in [-0.4, -0.2) is 21.1 Å². The summed E-state index contributed by atoms with van der Waals surface area (Å²) < 4.78 is 14.9. The van der Waals surface area contributed by atoms with Crippen molar-refractivity contribution in [2.75, 3.05) is 0 Å². The molecular weight excluding hydrogens is 273 g/mol. The van der Waals surface area contributed by atoms with Crippen LogP contribution < -0.4 is 11.1 Å². The second-order valence-corrected chi connectivity index (χ2v) is 4.62. The monoisotopic (exact) mass is 281 g/mol. The van der Waals surface area contributed by atoms with Gasteiger partial charge in [0.15, 0.2) is 5.16 Å². The Morgan fingerprint density at radius 3 is 2.79 bits per heavy atom. The van der Waals surface area contributed by atoms with Gasteiger partial charge in [-0.25, -0.2) is 4.39 Å². The summed E-state index contributed by atoms with van der Waals surface area (Å²) >= 11 is 0.874. The molecule has 0 radical (unpaired) electrons. The number of benzene rings is 1. The molecule has 0 aliphatic rings. The number of hydrogen-bond donors (Lipinski definition) is 1. The Balaban J connectivity index is 2.41. The lowest BCUT2D eigenvalue weighted by atomic mass is 10.2. The van der Waals surface area contributed by atoms with Gasteiger partial charge in [0.05, 0.1) is 4.90 Å². The van der Waals surface area contributed by atoms with Crippen molar-refractivity contribution in [3.8, 4) is 0 Å². The van der Waals surface area contributed by atoms with Crippen LogP contribution in [0, 0.1) is 5.82 Å². The Morgan fingerprint density at radius 2 is 2.16 bits per heavy atom. The molecule has 98 valence electrons. The number of aldehydes is 1. The highest BCUT2D eigenvalue weighted by atomic mass is 32.2. The van der Waals surface area contributed by atoms with Gasteiger partial charge in [-0.05, 0) is 23.9 Å². The lowest BCUT2D eigenvalue weighted by Gasteiger charge is -2.06. The fraction of sp³-hybridized carbons (Fsp3) is 0.0909. The highest BCUT2D eigenvalue weighted by Crippen LogP contribution is 2.27. The van der Waals surface area contributed by atoms with Crippen LogP contribution in [0.15, 0.2) is 37.8 Å². The molecule has 2 aromatic rings. The molecule has 0 amide bonds. The van der Waals surface area contributed by atoms with Gasteiger partial charge >= 0.3 is 11.1 Å². The van der Waals surface area contributed by atoms with Crippen molar-refractivity contribution in [1.82, 2.24) is 14.8 Å². The average Bonchev–Trinajstić information content (AvgIpc) is 2.38. The normalized spacial score (nSPS) is 10.4. The van der Waals surface area contributed by atoms with Gasteiger partial charge in [0, 0.05) is 12.6 Å². The Labute approximate surface area is 110 Å². The molecule has 0 aliphatic carbocycles. The summed E-state index contributed by atoms with van der Waals surface area (Å²) in [5.74, 6) is -0.602. The Morgan fingerprint density at radius 1 is 1.42 bits per heavy atom. The number of rotatable bonds is 3. The molecule has 0 fully saturated rings. The van der Waals surface area contributed by atoms with E-state index in [1.54, 1.807) is 0 Å². The Hall–Kier alpha value is -2.22. The highest BCUT2D eigenvalue weighted by Gasteiger charge is 2.10. The maximum absolute atomic E-state index is 13.7. The zero-order chi connectivity index (χ0) is 14.0. The quantitative estimate of drug-likeness (QED) is 0.657. The molecule has 19 heavy (non-hydrogen) atoms. The molecule has 0 unspecified atom stereocenters. The molecule has 2 rings (SSSR count). The first-order valence-corrected chi connectivity index (χ1v) is 5.93. The molecule has 0 saturated carbocycles. The minimum absolute atomic E-state index is 0.141. The van der Waals surface area contributed by atoms with Crippen molar-refractivity contribution in [3.63, 3.8) is 0 Å². The topological polar surface area (TPSA) is 84.8 Å². The molecule has 0 aliphatic heterocycles. The predicted molar refractivity (Wildman–Crippen MR) is 66.0 cm³/mol. The molecule has 0 saturated heterocycles. The smallest absolute Gasteiger partial charge is 0.298 e. The molecule has 1 aromatic carbocycles. The van der Waals surface area contributed by atoms with Crippen molar-refractivity contribution >= 4 is 18.0 Å². The molecule has 8 heteroatoms. The summed E-state index contributed by atoms with van der Waals surface area (Å²) in [5.41, 5.74) is -1.57. The minimum Gasteiger partial charge on any atom is -0.298 e. The molecular formula is C11H8FN3O3S. The molecule has 6 nitrogen and oxygen atoms in total. The molecule has 1 N–H and O–H groups in total. The molecule has 0 atom stereocenters. The predicted octanol–water partition coefficient (Wildman–Crippen LogP) is 0.571. The largest absolute Gasteiger partial charge is 0.339 e. The van der Waals surface area contributed by atoms with Gasteiger partial charge in [-0.1, -0.05) is 6.07 Å². The van der Waals surface area contributed by atoms with E-state index in [9.17, 15) is 18.8 Å². The fourth-order valence-electron chi connectivity index (χ4n) is 1.32. The molecule has 0 bridgehead atoms. The van der Waals surface area contributed by atoms with E-state index in [0.717, 1.165) is 17.8 Å². The van der Waals surface area contributed by atoms with E-state index in [0.29, 0.717) is 6.29 Å². The van der Waals surface area contributed by atoms with E-state index in [2.05, 4.69) is 10.1 Å². The number of aromatic nitrogens is 3. The highest BCUT2D eigenvalue weighted by molar-refractivity contribution is 7.99. The second kappa shape index (κ2) is 5.19. The maximum Gasteiger partial charge on any atom is 0.339 e. The van der Waals surface area contributed by atoms with Gasteiger partial charge in [0.1, 0.15) is 12.1 Å². The third kappa shape index (κ3) is 2.79. The van der Waals surface area contributed by atoms with Crippen LogP contribution in [0.5, 0.6) is 0 Å². The van der Waals surface area contributed by atoms with E-state index in [4.69, 9.17) is 0 Å². The second-order valence-electron chi connectivity index (χ2n) is 3.61. The number of aromatic amines is 1. The first-order valence-electron chi connectivity index (χ1n) is 5.11. The van der Waals surface area contributed by atoms with E-state index >= 15 is 0 Å². The number of aryl methyl sites for hydroxylation is 1. The van der Waals surface area contributed by atoms with Crippen LogP contribution in [0.25, 0.3) is 0 Å². The summed E-state index contributed by atoms with van der Waals surface area (Å²) in [4.78, 5) is 36.4. The summed E-state index contributed by atoms with van der Waals surface area (Å²) in [6.07, 6.45) is 0.533. The third-order valence-electron chi connectivity index (χ3n) is 2.24. The number of nitrogens with one attached hydrogen (secondary N) is 1. The summed E-state index contributed by atoms with van der Waals surface area (Å²) in [6, 6.07) is 3.93. The van der Waals surface area contributed by atoms with Gasteiger partial charge < -0.3 is 0 Å².